The minimum atomic E-state index is -1.10. The van der Waals surface area contributed by atoms with Crippen LogP contribution in [0.4, 0.5) is 11.4 Å². The number of carbonyl (C=O) groups is 3. The number of rotatable bonds is 8. The standard InChI is InChI=1S/C21H24N4O6/c1-13(2)12-19(26)22-16-10-8-15(9-11-16)21(28)24-23-20(27)14(3)31-18-7-5-4-6-17(18)25(29)30/h4-11,13-14H,12H2,1-3H3,(H,22,26)(H,23,27)(H,24,28). The Morgan fingerprint density at radius 2 is 1.65 bits per heavy atom. The molecular weight excluding hydrogens is 404 g/mol. The van der Waals surface area contributed by atoms with Gasteiger partial charge < -0.3 is 10.1 Å². The van der Waals surface area contributed by atoms with E-state index in [1.807, 2.05) is 13.8 Å². The first-order valence-corrected chi connectivity index (χ1v) is 9.57. The Balaban J connectivity index is 1.88. The number of nitrogens with one attached hydrogen (secondary N) is 3. The van der Waals surface area contributed by atoms with Crippen molar-refractivity contribution in [3.05, 3.63) is 64.2 Å². The molecule has 0 bridgehead atoms. The zero-order valence-corrected chi connectivity index (χ0v) is 17.4. The van der Waals surface area contributed by atoms with E-state index in [1.165, 1.54) is 37.3 Å². The number of hydrogen-bond donors (Lipinski definition) is 3. The van der Waals surface area contributed by atoms with Crippen LogP contribution < -0.4 is 20.9 Å². The van der Waals surface area contributed by atoms with Crippen LogP contribution >= 0.6 is 0 Å². The van der Waals surface area contributed by atoms with Crippen molar-refractivity contribution in [2.75, 3.05) is 5.32 Å². The maximum absolute atomic E-state index is 12.2. The van der Waals surface area contributed by atoms with Crippen molar-refractivity contribution in [1.82, 2.24) is 10.9 Å². The monoisotopic (exact) mass is 428 g/mol. The summed E-state index contributed by atoms with van der Waals surface area (Å²) in [5.74, 6) is -1.22. The van der Waals surface area contributed by atoms with E-state index in [4.69, 9.17) is 4.74 Å². The molecule has 31 heavy (non-hydrogen) atoms. The average Bonchev–Trinajstić information content (AvgIpc) is 2.71. The number of nitro groups is 1. The molecule has 0 saturated heterocycles. The minimum Gasteiger partial charge on any atom is -0.474 e. The van der Waals surface area contributed by atoms with Crippen molar-refractivity contribution in [1.29, 1.82) is 0 Å². The first kappa shape index (κ1) is 23.3. The lowest BCUT2D eigenvalue weighted by Gasteiger charge is -2.15. The molecule has 10 heteroatoms. The molecule has 3 N–H and O–H groups in total. The third kappa shape index (κ3) is 7.11. The van der Waals surface area contributed by atoms with Crippen molar-refractivity contribution in [2.45, 2.75) is 33.3 Å². The van der Waals surface area contributed by atoms with E-state index in [9.17, 15) is 24.5 Å². The molecule has 0 heterocycles. The topological polar surface area (TPSA) is 140 Å². The molecule has 10 nitrogen and oxygen atoms in total. The summed E-state index contributed by atoms with van der Waals surface area (Å²) in [6, 6.07) is 11.8. The molecule has 0 aromatic heterocycles. The minimum absolute atomic E-state index is 0.0587. The first-order chi connectivity index (χ1) is 14.7. The fourth-order valence-corrected chi connectivity index (χ4v) is 2.53. The van der Waals surface area contributed by atoms with Crippen LogP contribution in [-0.4, -0.2) is 28.7 Å². The van der Waals surface area contributed by atoms with E-state index in [0.717, 1.165) is 0 Å². The van der Waals surface area contributed by atoms with Crippen LogP contribution in [0, 0.1) is 16.0 Å². The Morgan fingerprint density at radius 3 is 2.26 bits per heavy atom. The number of ether oxygens (including phenoxy) is 1. The van der Waals surface area contributed by atoms with Gasteiger partial charge in [-0.25, -0.2) is 0 Å². The van der Waals surface area contributed by atoms with Gasteiger partial charge in [-0.2, -0.15) is 0 Å². The fraction of sp³-hybridized carbons (Fsp3) is 0.286. The third-order valence-electron chi connectivity index (χ3n) is 4.06. The summed E-state index contributed by atoms with van der Waals surface area (Å²) in [5.41, 5.74) is 5.01. The van der Waals surface area contributed by atoms with Crippen LogP contribution in [0.3, 0.4) is 0 Å². The van der Waals surface area contributed by atoms with E-state index in [0.29, 0.717) is 12.1 Å². The molecule has 0 aliphatic rings. The molecular formula is C21H24N4O6. The summed E-state index contributed by atoms with van der Waals surface area (Å²) in [4.78, 5) is 46.6. The van der Waals surface area contributed by atoms with Crippen molar-refractivity contribution in [2.24, 2.45) is 5.92 Å². The van der Waals surface area contributed by atoms with E-state index < -0.39 is 22.8 Å². The number of hydrogen-bond acceptors (Lipinski definition) is 6. The summed E-state index contributed by atoms with van der Waals surface area (Å²) >= 11 is 0. The number of para-hydroxylation sites is 2. The second-order valence-corrected chi connectivity index (χ2v) is 7.15. The Kier molecular flexibility index (Phi) is 8.07. The van der Waals surface area contributed by atoms with Crippen LogP contribution in [-0.2, 0) is 9.59 Å². The molecule has 1 unspecified atom stereocenters. The molecule has 2 rings (SSSR count). The molecule has 0 saturated carbocycles. The molecule has 0 aliphatic carbocycles. The van der Waals surface area contributed by atoms with Gasteiger partial charge in [0.2, 0.25) is 5.91 Å². The molecule has 2 aromatic carbocycles. The average molecular weight is 428 g/mol. The van der Waals surface area contributed by atoms with Crippen molar-refractivity contribution >= 4 is 29.1 Å². The maximum Gasteiger partial charge on any atom is 0.310 e. The number of anilines is 1. The summed E-state index contributed by atoms with van der Waals surface area (Å²) in [6.45, 7) is 5.27. The third-order valence-corrected chi connectivity index (χ3v) is 4.06. The predicted molar refractivity (Wildman–Crippen MR) is 113 cm³/mol. The van der Waals surface area contributed by atoms with Gasteiger partial charge in [0.25, 0.3) is 11.8 Å². The van der Waals surface area contributed by atoms with E-state index in [2.05, 4.69) is 16.2 Å². The van der Waals surface area contributed by atoms with Gasteiger partial charge in [0.15, 0.2) is 11.9 Å². The summed E-state index contributed by atoms with van der Waals surface area (Å²) in [5, 5.41) is 13.8. The summed E-state index contributed by atoms with van der Waals surface area (Å²) in [7, 11) is 0. The van der Waals surface area contributed by atoms with E-state index in [1.54, 1.807) is 18.2 Å². The number of hydrazine groups is 1. The summed E-state index contributed by atoms with van der Waals surface area (Å²) < 4.78 is 5.34. The van der Waals surface area contributed by atoms with Crippen molar-refractivity contribution in [3.8, 4) is 5.75 Å². The lowest BCUT2D eigenvalue weighted by atomic mass is 10.1. The molecule has 2 aromatic rings. The SMILES string of the molecule is CC(C)CC(=O)Nc1ccc(C(=O)NNC(=O)C(C)Oc2ccccc2[N+](=O)[O-])cc1. The zero-order valence-electron chi connectivity index (χ0n) is 17.4. The lowest BCUT2D eigenvalue weighted by Crippen LogP contribution is -2.47. The van der Waals surface area contributed by atoms with Gasteiger partial charge in [-0.1, -0.05) is 26.0 Å². The Hall–Kier alpha value is -3.95. The lowest BCUT2D eigenvalue weighted by molar-refractivity contribution is -0.386. The number of nitro benzene ring substituents is 1. The zero-order chi connectivity index (χ0) is 23.0. The van der Waals surface area contributed by atoms with Gasteiger partial charge in [0.1, 0.15) is 0 Å². The normalized spacial score (nSPS) is 11.4. The van der Waals surface area contributed by atoms with Crippen LogP contribution in [0.15, 0.2) is 48.5 Å². The second-order valence-electron chi connectivity index (χ2n) is 7.15. The highest BCUT2D eigenvalue weighted by molar-refractivity contribution is 5.97. The largest absolute Gasteiger partial charge is 0.474 e. The van der Waals surface area contributed by atoms with Crippen molar-refractivity contribution in [3.63, 3.8) is 0 Å². The van der Waals surface area contributed by atoms with Gasteiger partial charge in [-0.05, 0) is 43.2 Å². The van der Waals surface area contributed by atoms with Crippen LogP contribution in [0.25, 0.3) is 0 Å². The maximum atomic E-state index is 12.2. The Bertz CT molecular complexity index is 959. The molecule has 1 atom stereocenters. The highest BCUT2D eigenvalue weighted by Gasteiger charge is 2.21. The van der Waals surface area contributed by atoms with Gasteiger partial charge in [0, 0.05) is 23.7 Å². The summed E-state index contributed by atoms with van der Waals surface area (Å²) in [6.07, 6.45) is -0.708. The molecule has 0 aliphatic heterocycles. The molecule has 0 radical (unpaired) electrons. The van der Waals surface area contributed by atoms with Gasteiger partial charge in [0.05, 0.1) is 4.92 Å². The van der Waals surface area contributed by atoms with Crippen LogP contribution in [0.1, 0.15) is 37.6 Å². The van der Waals surface area contributed by atoms with Crippen LogP contribution in [0.5, 0.6) is 5.75 Å². The highest BCUT2D eigenvalue weighted by atomic mass is 16.6. The van der Waals surface area contributed by atoms with Gasteiger partial charge in [-0.3, -0.25) is 35.3 Å². The van der Waals surface area contributed by atoms with Crippen molar-refractivity contribution < 1.29 is 24.0 Å². The molecule has 164 valence electrons. The van der Waals surface area contributed by atoms with Crippen LogP contribution in [0.2, 0.25) is 0 Å². The Morgan fingerprint density at radius 1 is 1.00 bits per heavy atom. The number of nitrogens with zero attached hydrogens (tertiary/aromatic N) is 1. The first-order valence-electron chi connectivity index (χ1n) is 9.57. The Labute approximate surface area is 179 Å². The predicted octanol–water partition coefficient (Wildman–Crippen LogP) is 2.81. The quantitative estimate of drug-likeness (QED) is 0.436. The highest BCUT2D eigenvalue weighted by Crippen LogP contribution is 2.26. The number of carbonyl (C=O) groups excluding carboxylic acids is 3. The molecule has 0 spiro atoms. The number of amides is 3. The fourth-order valence-electron chi connectivity index (χ4n) is 2.53. The molecule has 0 fully saturated rings. The molecule has 3 amide bonds. The van der Waals surface area contributed by atoms with E-state index in [-0.39, 0.29) is 28.8 Å². The second kappa shape index (κ2) is 10.7. The smallest absolute Gasteiger partial charge is 0.310 e. The van der Waals surface area contributed by atoms with E-state index >= 15 is 0 Å². The number of benzene rings is 2. The van der Waals surface area contributed by atoms with Gasteiger partial charge in [-0.15, -0.1) is 0 Å². The van der Waals surface area contributed by atoms with Gasteiger partial charge >= 0.3 is 5.69 Å².